The first-order valence-corrected chi connectivity index (χ1v) is 14.3. The molecular weight excluding hydrogens is 462 g/mol. The fraction of sp³-hybridized carbons (Fsp3) is 0.444. The zero-order chi connectivity index (χ0) is 24.5. The van der Waals surface area contributed by atoms with Crippen molar-refractivity contribution >= 4 is 32.2 Å². The summed E-state index contributed by atoms with van der Waals surface area (Å²) in [7, 11) is -3.73. The Kier molecular flexibility index (Phi) is 7.06. The molecule has 0 aliphatic heterocycles. The van der Waals surface area contributed by atoms with Crippen LogP contribution in [0.25, 0.3) is 10.4 Å². The van der Waals surface area contributed by atoms with E-state index >= 15 is 0 Å². The van der Waals surface area contributed by atoms with Gasteiger partial charge >= 0.3 is 0 Å². The molecule has 0 unspecified atom stereocenters. The molecule has 7 heteroatoms. The molecule has 3 aromatic rings. The van der Waals surface area contributed by atoms with Crippen LogP contribution in [0.1, 0.15) is 62.8 Å². The topological polar surface area (TPSA) is 71.1 Å². The van der Waals surface area contributed by atoms with E-state index in [0.717, 1.165) is 26.8 Å². The molecule has 0 spiro atoms. The second-order valence-electron chi connectivity index (χ2n) is 10.0. The highest BCUT2D eigenvalue weighted by atomic mass is 32.2. The van der Waals surface area contributed by atoms with Crippen LogP contribution in [0.5, 0.6) is 0 Å². The van der Waals surface area contributed by atoms with Gasteiger partial charge in [-0.1, -0.05) is 60.9 Å². The summed E-state index contributed by atoms with van der Waals surface area (Å²) >= 11 is 1.60. The number of para-hydroxylation sites is 1. The monoisotopic (exact) mass is 497 g/mol. The maximum absolute atomic E-state index is 13.3. The van der Waals surface area contributed by atoms with Crippen LogP contribution in [0.15, 0.2) is 47.4 Å². The van der Waals surface area contributed by atoms with E-state index in [1.165, 1.54) is 32.1 Å². The second-order valence-corrected chi connectivity index (χ2v) is 12.7. The van der Waals surface area contributed by atoms with Gasteiger partial charge in [-0.25, -0.2) is 13.4 Å². The van der Waals surface area contributed by atoms with Crippen molar-refractivity contribution in [1.29, 1.82) is 0 Å². The highest BCUT2D eigenvalue weighted by Crippen LogP contribution is 2.39. The summed E-state index contributed by atoms with van der Waals surface area (Å²) in [6.45, 7) is 10.3. The average Bonchev–Trinajstić information content (AvgIpc) is 3.15. The van der Waals surface area contributed by atoms with E-state index in [-0.39, 0.29) is 10.4 Å². The maximum Gasteiger partial charge on any atom is 0.262 e. The zero-order valence-corrected chi connectivity index (χ0v) is 22.4. The summed E-state index contributed by atoms with van der Waals surface area (Å²) in [5.74, 6) is 0.637. The highest BCUT2D eigenvalue weighted by molar-refractivity contribution is 7.92. The molecule has 0 amide bonds. The molecule has 1 aliphatic rings. The Bertz CT molecular complexity index is 1270. The molecule has 2 N–H and O–H groups in total. The Morgan fingerprint density at radius 1 is 0.971 bits per heavy atom. The number of rotatable bonds is 7. The standard InChI is InChI=1S/C27H35N3O2S2/c1-18-11-9-10-14-23(18)30-34(31,32)24-17-21(16-15-19(24)2)25-20(3)28-26(33-25)29-27(4,5)22-12-7-6-8-13-22/h9-11,14-17,22,30H,6-8,12-13H2,1-5H3,(H,28,29). The van der Waals surface area contributed by atoms with Crippen molar-refractivity contribution in [2.24, 2.45) is 5.92 Å². The highest BCUT2D eigenvalue weighted by Gasteiger charge is 2.31. The Labute approximate surface area is 208 Å². The number of nitrogens with zero attached hydrogens (tertiary/aromatic N) is 1. The second kappa shape index (κ2) is 9.70. The lowest BCUT2D eigenvalue weighted by Crippen LogP contribution is -2.40. The number of hydrogen-bond donors (Lipinski definition) is 2. The van der Waals surface area contributed by atoms with Gasteiger partial charge in [-0.05, 0) is 82.2 Å². The molecule has 182 valence electrons. The summed E-state index contributed by atoms with van der Waals surface area (Å²) in [4.78, 5) is 6.09. The summed E-state index contributed by atoms with van der Waals surface area (Å²) < 4.78 is 29.3. The van der Waals surface area contributed by atoms with Crippen molar-refractivity contribution in [2.75, 3.05) is 10.0 Å². The molecule has 0 saturated heterocycles. The number of aryl methyl sites for hydroxylation is 3. The quantitative estimate of drug-likeness (QED) is 0.359. The van der Waals surface area contributed by atoms with E-state index in [1.54, 1.807) is 23.5 Å². The molecule has 1 saturated carbocycles. The SMILES string of the molecule is Cc1ccccc1NS(=O)(=O)c1cc(-c2sc(NC(C)(C)C3CCCCC3)nc2C)ccc1C. The number of sulfonamides is 1. The molecule has 2 aromatic carbocycles. The van der Waals surface area contributed by atoms with E-state index in [2.05, 4.69) is 23.9 Å². The van der Waals surface area contributed by atoms with Gasteiger partial charge in [0.25, 0.3) is 10.0 Å². The number of thiazole rings is 1. The molecule has 0 radical (unpaired) electrons. The third-order valence-electron chi connectivity index (χ3n) is 6.98. The Morgan fingerprint density at radius 3 is 2.38 bits per heavy atom. The Hall–Kier alpha value is -2.38. The molecule has 1 aliphatic carbocycles. The number of hydrogen-bond acceptors (Lipinski definition) is 5. The van der Waals surface area contributed by atoms with Crippen molar-refractivity contribution in [3.05, 3.63) is 59.3 Å². The first-order chi connectivity index (χ1) is 16.1. The van der Waals surface area contributed by atoms with E-state index in [0.29, 0.717) is 17.2 Å². The first-order valence-electron chi connectivity index (χ1n) is 12.0. The average molecular weight is 498 g/mol. The molecule has 0 atom stereocenters. The fourth-order valence-corrected chi connectivity index (χ4v) is 7.37. The maximum atomic E-state index is 13.3. The van der Waals surface area contributed by atoms with Gasteiger partial charge in [0, 0.05) is 5.54 Å². The largest absolute Gasteiger partial charge is 0.356 e. The van der Waals surface area contributed by atoms with Gasteiger partial charge in [0.1, 0.15) is 0 Å². The molecule has 1 aromatic heterocycles. The Morgan fingerprint density at radius 2 is 1.68 bits per heavy atom. The van der Waals surface area contributed by atoms with Crippen LogP contribution in [0.3, 0.4) is 0 Å². The molecule has 34 heavy (non-hydrogen) atoms. The predicted molar refractivity (Wildman–Crippen MR) is 143 cm³/mol. The minimum absolute atomic E-state index is 0.0266. The van der Waals surface area contributed by atoms with Gasteiger partial charge in [0.2, 0.25) is 0 Å². The van der Waals surface area contributed by atoms with Crippen LogP contribution in [0.4, 0.5) is 10.8 Å². The van der Waals surface area contributed by atoms with Gasteiger partial charge in [-0.2, -0.15) is 0 Å². The number of aromatic nitrogens is 1. The summed E-state index contributed by atoms with van der Waals surface area (Å²) in [6.07, 6.45) is 6.45. The molecule has 0 bridgehead atoms. The molecule has 5 nitrogen and oxygen atoms in total. The van der Waals surface area contributed by atoms with Crippen LogP contribution in [0.2, 0.25) is 0 Å². The van der Waals surface area contributed by atoms with E-state index in [9.17, 15) is 8.42 Å². The van der Waals surface area contributed by atoms with Crippen molar-refractivity contribution < 1.29 is 8.42 Å². The van der Waals surface area contributed by atoms with Gasteiger partial charge in [-0.15, -0.1) is 0 Å². The molecule has 1 heterocycles. The van der Waals surface area contributed by atoms with Crippen LogP contribution < -0.4 is 10.0 Å². The van der Waals surface area contributed by atoms with Crippen molar-refractivity contribution in [3.63, 3.8) is 0 Å². The van der Waals surface area contributed by atoms with Gasteiger partial charge in [0.05, 0.1) is 21.2 Å². The summed E-state index contributed by atoms with van der Waals surface area (Å²) in [5, 5.41) is 4.59. The third kappa shape index (κ3) is 5.31. The predicted octanol–water partition coefficient (Wildman–Crippen LogP) is 7.31. The molecule has 1 fully saturated rings. The number of nitrogens with one attached hydrogen (secondary N) is 2. The Balaban J connectivity index is 1.61. The van der Waals surface area contributed by atoms with Gasteiger partial charge < -0.3 is 5.32 Å². The lowest BCUT2D eigenvalue weighted by atomic mass is 9.77. The first kappa shape index (κ1) is 24.7. The van der Waals surface area contributed by atoms with Crippen LogP contribution in [-0.2, 0) is 10.0 Å². The van der Waals surface area contributed by atoms with E-state index < -0.39 is 10.0 Å². The van der Waals surface area contributed by atoms with Crippen molar-refractivity contribution in [2.45, 2.75) is 77.2 Å². The summed E-state index contributed by atoms with van der Waals surface area (Å²) in [5.41, 5.74) is 3.94. The summed E-state index contributed by atoms with van der Waals surface area (Å²) in [6, 6.07) is 13.0. The van der Waals surface area contributed by atoms with Gasteiger partial charge in [-0.3, -0.25) is 4.72 Å². The van der Waals surface area contributed by atoms with E-state index in [1.807, 2.05) is 51.1 Å². The number of benzene rings is 2. The molecular formula is C27H35N3O2S2. The zero-order valence-electron chi connectivity index (χ0n) is 20.7. The van der Waals surface area contributed by atoms with Crippen LogP contribution >= 0.6 is 11.3 Å². The molecule has 4 rings (SSSR count). The minimum atomic E-state index is -3.73. The van der Waals surface area contributed by atoms with Gasteiger partial charge in [0.15, 0.2) is 5.13 Å². The van der Waals surface area contributed by atoms with E-state index in [4.69, 9.17) is 4.98 Å². The third-order valence-corrected chi connectivity index (χ3v) is 9.61. The van der Waals surface area contributed by atoms with Crippen molar-refractivity contribution in [1.82, 2.24) is 4.98 Å². The van der Waals surface area contributed by atoms with Crippen LogP contribution in [-0.4, -0.2) is 18.9 Å². The smallest absolute Gasteiger partial charge is 0.262 e. The van der Waals surface area contributed by atoms with Crippen LogP contribution in [0, 0.1) is 26.7 Å². The minimum Gasteiger partial charge on any atom is -0.356 e. The normalized spacial score (nSPS) is 15.3. The lowest BCUT2D eigenvalue weighted by Gasteiger charge is -2.37. The fourth-order valence-electron chi connectivity index (χ4n) is 4.84. The number of anilines is 2. The van der Waals surface area contributed by atoms with Crippen molar-refractivity contribution in [3.8, 4) is 10.4 Å². The lowest BCUT2D eigenvalue weighted by molar-refractivity contribution is 0.258.